The molecule has 0 saturated carbocycles. The molecular weight excluding hydrogens is 246 g/mol. The largest absolute Gasteiger partial charge is 0.294 e. The standard InChI is InChI=1S/C15H14ClNO/c1-10-5-11(2)7-12(6-10)8-14(18)13-3-4-17-15(16)9-13/h3-7,9H,8H2,1-2H3. The molecule has 0 aliphatic carbocycles. The van der Waals surface area contributed by atoms with Crippen molar-refractivity contribution in [2.75, 3.05) is 0 Å². The Hall–Kier alpha value is -1.67. The van der Waals surface area contributed by atoms with E-state index in [-0.39, 0.29) is 5.78 Å². The highest BCUT2D eigenvalue weighted by Crippen LogP contribution is 2.14. The summed E-state index contributed by atoms with van der Waals surface area (Å²) in [5, 5.41) is 0.348. The summed E-state index contributed by atoms with van der Waals surface area (Å²) < 4.78 is 0. The molecule has 0 atom stereocenters. The minimum atomic E-state index is 0.0595. The second kappa shape index (κ2) is 5.32. The lowest BCUT2D eigenvalue weighted by atomic mass is 10.0. The summed E-state index contributed by atoms with van der Waals surface area (Å²) in [5.41, 5.74) is 3.98. The number of rotatable bonds is 3. The summed E-state index contributed by atoms with van der Waals surface area (Å²) in [6.07, 6.45) is 1.94. The topological polar surface area (TPSA) is 30.0 Å². The lowest BCUT2D eigenvalue weighted by Gasteiger charge is -2.05. The lowest BCUT2D eigenvalue weighted by Crippen LogP contribution is -2.04. The Labute approximate surface area is 112 Å². The van der Waals surface area contributed by atoms with Crippen LogP contribution in [0.15, 0.2) is 36.5 Å². The lowest BCUT2D eigenvalue weighted by molar-refractivity contribution is 0.0993. The molecule has 3 heteroatoms. The Bertz CT molecular complexity index is 573. The van der Waals surface area contributed by atoms with Crippen LogP contribution in [-0.4, -0.2) is 10.8 Å². The number of pyridine rings is 1. The van der Waals surface area contributed by atoms with Crippen LogP contribution in [0.3, 0.4) is 0 Å². The minimum absolute atomic E-state index is 0.0595. The maximum Gasteiger partial charge on any atom is 0.167 e. The Morgan fingerprint density at radius 3 is 2.44 bits per heavy atom. The van der Waals surface area contributed by atoms with E-state index >= 15 is 0 Å². The number of nitrogens with zero attached hydrogens (tertiary/aromatic N) is 1. The summed E-state index contributed by atoms with van der Waals surface area (Å²) in [6.45, 7) is 4.06. The van der Waals surface area contributed by atoms with Crippen molar-refractivity contribution < 1.29 is 4.79 Å². The van der Waals surface area contributed by atoms with Gasteiger partial charge in [0.1, 0.15) is 5.15 Å². The van der Waals surface area contributed by atoms with Crippen molar-refractivity contribution in [2.45, 2.75) is 20.3 Å². The summed E-state index contributed by atoms with van der Waals surface area (Å²) >= 11 is 5.78. The molecule has 0 fully saturated rings. The third-order valence-corrected chi connectivity index (χ3v) is 2.90. The first-order chi connectivity index (χ1) is 8.54. The Balaban J connectivity index is 2.21. The van der Waals surface area contributed by atoms with Gasteiger partial charge in [-0.1, -0.05) is 40.9 Å². The van der Waals surface area contributed by atoms with Gasteiger partial charge in [0.15, 0.2) is 5.78 Å². The monoisotopic (exact) mass is 259 g/mol. The molecule has 1 aromatic carbocycles. The predicted molar refractivity (Wildman–Crippen MR) is 73.2 cm³/mol. The number of carbonyl (C=O) groups is 1. The van der Waals surface area contributed by atoms with Crippen molar-refractivity contribution in [3.8, 4) is 0 Å². The van der Waals surface area contributed by atoms with E-state index in [1.54, 1.807) is 18.3 Å². The highest BCUT2D eigenvalue weighted by Gasteiger charge is 2.08. The number of carbonyl (C=O) groups excluding carboxylic acids is 1. The Morgan fingerprint density at radius 1 is 1.17 bits per heavy atom. The van der Waals surface area contributed by atoms with E-state index in [0.29, 0.717) is 17.1 Å². The van der Waals surface area contributed by atoms with E-state index in [1.165, 1.54) is 11.1 Å². The SMILES string of the molecule is Cc1cc(C)cc(CC(=O)c2ccnc(Cl)c2)c1. The molecule has 0 radical (unpaired) electrons. The number of ketones is 1. The second-order valence-corrected chi connectivity index (χ2v) is 4.85. The molecule has 0 aliphatic rings. The van der Waals surface area contributed by atoms with Crippen LogP contribution in [0.5, 0.6) is 0 Å². The first kappa shape index (κ1) is 12.8. The molecule has 2 aromatic rings. The summed E-state index contributed by atoms with van der Waals surface area (Å²) in [5.74, 6) is 0.0595. The fourth-order valence-corrected chi connectivity index (χ4v) is 2.21. The van der Waals surface area contributed by atoms with Crippen molar-refractivity contribution in [1.82, 2.24) is 4.98 Å². The van der Waals surface area contributed by atoms with Crippen molar-refractivity contribution in [3.63, 3.8) is 0 Å². The number of aryl methyl sites for hydroxylation is 2. The van der Waals surface area contributed by atoms with Gasteiger partial charge in [-0.15, -0.1) is 0 Å². The zero-order valence-electron chi connectivity index (χ0n) is 10.4. The van der Waals surface area contributed by atoms with Gasteiger partial charge < -0.3 is 0 Å². The van der Waals surface area contributed by atoms with Crippen LogP contribution >= 0.6 is 11.6 Å². The van der Waals surface area contributed by atoms with Crippen LogP contribution in [0.4, 0.5) is 0 Å². The number of Topliss-reactive ketones (excluding diaryl/α,β-unsaturated/α-hetero) is 1. The van der Waals surface area contributed by atoms with Crippen molar-refractivity contribution in [3.05, 3.63) is 63.9 Å². The Morgan fingerprint density at radius 2 is 1.83 bits per heavy atom. The van der Waals surface area contributed by atoms with Crippen LogP contribution in [0.25, 0.3) is 0 Å². The van der Waals surface area contributed by atoms with Crippen LogP contribution in [0, 0.1) is 13.8 Å². The smallest absolute Gasteiger partial charge is 0.167 e. The molecule has 0 unspecified atom stereocenters. The Kier molecular flexibility index (Phi) is 3.78. The second-order valence-electron chi connectivity index (χ2n) is 4.46. The molecule has 0 bridgehead atoms. The quantitative estimate of drug-likeness (QED) is 0.620. The summed E-state index contributed by atoms with van der Waals surface area (Å²) in [6, 6.07) is 9.46. The number of hydrogen-bond donors (Lipinski definition) is 0. The fourth-order valence-electron chi connectivity index (χ4n) is 2.03. The highest BCUT2D eigenvalue weighted by molar-refractivity contribution is 6.29. The van der Waals surface area contributed by atoms with Gasteiger partial charge in [-0.05, 0) is 31.5 Å². The molecule has 1 heterocycles. The molecule has 2 nitrogen and oxygen atoms in total. The molecule has 1 aromatic heterocycles. The zero-order chi connectivity index (χ0) is 13.1. The van der Waals surface area contributed by atoms with Gasteiger partial charge in [0.2, 0.25) is 0 Å². The van der Waals surface area contributed by atoms with Gasteiger partial charge in [0, 0.05) is 18.2 Å². The van der Waals surface area contributed by atoms with Gasteiger partial charge in [-0.25, -0.2) is 4.98 Å². The molecule has 0 amide bonds. The van der Waals surface area contributed by atoms with Gasteiger partial charge in [0.25, 0.3) is 0 Å². The molecule has 0 saturated heterocycles. The van der Waals surface area contributed by atoms with E-state index in [1.807, 2.05) is 26.0 Å². The van der Waals surface area contributed by atoms with E-state index in [4.69, 9.17) is 11.6 Å². The molecule has 92 valence electrons. The van der Waals surface area contributed by atoms with Crippen LogP contribution in [-0.2, 0) is 6.42 Å². The van der Waals surface area contributed by atoms with Crippen LogP contribution < -0.4 is 0 Å². The minimum Gasteiger partial charge on any atom is -0.294 e. The third kappa shape index (κ3) is 3.17. The first-order valence-corrected chi connectivity index (χ1v) is 6.14. The number of benzene rings is 1. The first-order valence-electron chi connectivity index (χ1n) is 5.76. The zero-order valence-corrected chi connectivity index (χ0v) is 11.2. The van der Waals surface area contributed by atoms with E-state index in [0.717, 1.165) is 5.56 Å². The van der Waals surface area contributed by atoms with Crippen molar-refractivity contribution in [1.29, 1.82) is 0 Å². The molecule has 0 aliphatic heterocycles. The predicted octanol–water partition coefficient (Wildman–Crippen LogP) is 3.78. The van der Waals surface area contributed by atoms with Gasteiger partial charge in [-0.2, -0.15) is 0 Å². The fraction of sp³-hybridized carbons (Fsp3) is 0.200. The molecule has 0 spiro atoms. The van der Waals surface area contributed by atoms with E-state index in [9.17, 15) is 4.79 Å². The normalized spacial score (nSPS) is 10.4. The molecule has 2 rings (SSSR count). The number of aromatic nitrogens is 1. The van der Waals surface area contributed by atoms with E-state index < -0.39 is 0 Å². The summed E-state index contributed by atoms with van der Waals surface area (Å²) in [4.78, 5) is 16.0. The van der Waals surface area contributed by atoms with Crippen molar-refractivity contribution in [2.24, 2.45) is 0 Å². The third-order valence-electron chi connectivity index (χ3n) is 2.69. The van der Waals surface area contributed by atoms with Gasteiger partial charge in [0.05, 0.1) is 0 Å². The molecular formula is C15H14ClNO. The maximum absolute atomic E-state index is 12.1. The van der Waals surface area contributed by atoms with E-state index in [2.05, 4.69) is 11.1 Å². The van der Waals surface area contributed by atoms with Gasteiger partial charge >= 0.3 is 0 Å². The number of hydrogen-bond acceptors (Lipinski definition) is 2. The van der Waals surface area contributed by atoms with Crippen LogP contribution in [0.2, 0.25) is 5.15 Å². The highest BCUT2D eigenvalue weighted by atomic mass is 35.5. The number of halogens is 1. The van der Waals surface area contributed by atoms with Crippen LogP contribution in [0.1, 0.15) is 27.0 Å². The average molecular weight is 260 g/mol. The molecule has 0 N–H and O–H groups in total. The van der Waals surface area contributed by atoms with Gasteiger partial charge in [-0.3, -0.25) is 4.79 Å². The van der Waals surface area contributed by atoms with Crippen molar-refractivity contribution >= 4 is 17.4 Å². The maximum atomic E-state index is 12.1. The average Bonchev–Trinajstić information content (AvgIpc) is 2.27. The summed E-state index contributed by atoms with van der Waals surface area (Å²) in [7, 11) is 0. The molecule has 18 heavy (non-hydrogen) atoms.